The Kier molecular flexibility index (Phi) is 3.82. The van der Waals surface area contributed by atoms with Crippen LogP contribution in [0.5, 0.6) is 0 Å². The summed E-state index contributed by atoms with van der Waals surface area (Å²) in [6.07, 6.45) is 10.5. The van der Waals surface area contributed by atoms with Gasteiger partial charge in [-0.2, -0.15) is 0 Å². The fourth-order valence-corrected chi connectivity index (χ4v) is 3.27. The lowest BCUT2D eigenvalue weighted by Crippen LogP contribution is -2.24. The molecule has 0 atom stereocenters. The van der Waals surface area contributed by atoms with Gasteiger partial charge in [-0.15, -0.1) is 11.3 Å². The molecule has 1 aliphatic carbocycles. The summed E-state index contributed by atoms with van der Waals surface area (Å²) in [4.78, 5) is 8.96. The molecule has 5 heteroatoms. The highest BCUT2D eigenvalue weighted by atomic mass is 32.1. The number of aryl methyl sites for hydroxylation is 1. The monoisotopic (exact) mass is 276 g/mol. The molecule has 1 aliphatic rings. The Labute approximate surface area is 117 Å². The lowest BCUT2D eigenvalue weighted by Gasteiger charge is -2.23. The molecule has 2 heterocycles. The molecule has 0 amide bonds. The van der Waals surface area contributed by atoms with E-state index in [1.54, 1.807) is 11.3 Å². The predicted molar refractivity (Wildman–Crippen MR) is 78.7 cm³/mol. The van der Waals surface area contributed by atoms with Gasteiger partial charge in [0.1, 0.15) is 0 Å². The number of hydrogen-bond acceptors (Lipinski definition) is 4. The lowest BCUT2D eigenvalue weighted by atomic mass is 9.96. The minimum Gasteiger partial charge on any atom is -0.353 e. The largest absolute Gasteiger partial charge is 0.353 e. The molecule has 19 heavy (non-hydrogen) atoms. The number of nitrogens with one attached hydrogen (secondary N) is 1. The maximum Gasteiger partial charge on any atom is 0.203 e. The molecule has 0 saturated heterocycles. The third kappa shape index (κ3) is 3.15. The van der Waals surface area contributed by atoms with Gasteiger partial charge in [-0.1, -0.05) is 19.3 Å². The lowest BCUT2D eigenvalue weighted by molar-refractivity contribution is 0.459. The van der Waals surface area contributed by atoms with Gasteiger partial charge in [-0.05, 0) is 19.8 Å². The van der Waals surface area contributed by atoms with E-state index in [4.69, 9.17) is 0 Å². The molecule has 1 fully saturated rings. The summed E-state index contributed by atoms with van der Waals surface area (Å²) in [5, 5.41) is 6.83. The Hall–Kier alpha value is -1.36. The van der Waals surface area contributed by atoms with Gasteiger partial charge in [0.15, 0.2) is 0 Å². The molecule has 0 bridgehead atoms. The minimum atomic E-state index is 0.590. The van der Waals surface area contributed by atoms with E-state index in [1.807, 2.05) is 19.3 Å². The van der Waals surface area contributed by atoms with Gasteiger partial charge < -0.3 is 9.88 Å². The van der Waals surface area contributed by atoms with Crippen molar-refractivity contribution >= 4 is 17.3 Å². The summed E-state index contributed by atoms with van der Waals surface area (Å²) in [5.74, 6) is 0.984. The summed E-state index contributed by atoms with van der Waals surface area (Å²) in [7, 11) is 0. The number of aromatic nitrogens is 3. The van der Waals surface area contributed by atoms with Crippen molar-refractivity contribution < 1.29 is 0 Å². The molecule has 0 spiro atoms. The molecule has 2 aromatic heterocycles. The fraction of sp³-hybridized carbons (Fsp3) is 0.571. The molecule has 0 aromatic carbocycles. The molecule has 3 rings (SSSR count). The number of rotatable bonds is 4. The molecule has 1 saturated carbocycles. The Bertz CT molecular complexity index is 525. The van der Waals surface area contributed by atoms with E-state index in [0.29, 0.717) is 6.04 Å². The van der Waals surface area contributed by atoms with Crippen LogP contribution in [0, 0.1) is 6.92 Å². The number of imidazole rings is 1. The number of thiazole rings is 1. The van der Waals surface area contributed by atoms with Crippen LogP contribution in [0.1, 0.15) is 42.8 Å². The van der Waals surface area contributed by atoms with E-state index >= 15 is 0 Å². The van der Waals surface area contributed by atoms with Crippen molar-refractivity contribution in [3.63, 3.8) is 0 Å². The minimum absolute atomic E-state index is 0.590. The van der Waals surface area contributed by atoms with E-state index in [9.17, 15) is 0 Å². The zero-order valence-electron chi connectivity index (χ0n) is 11.3. The van der Waals surface area contributed by atoms with E-state index in [1.165, 1.54) is 32.1 Å². The van der Waals surface area contributed by atoms with Crippen LogP contribution >= 0.6 is 11.3 Å². The predicted octanol–water partition coefficient (Wildman–Crippen LogP) is 3.44. The standard InChI is InChI=1S/C14H20N4S/c1-11-16-13(10-19-11)9-18-8-7-15-14(18)17-12-5-3-2-4-6-12/h7-8,10,12H,2-6,9H2,1H3,(H,15,17). The van der Waals surface area contributed by atoms with Crippen molar-refractivity contribution in [2.75, 3.05) is 5.32 Å². The maximum absolute atomic E-state index is 4.52. The number of hydrogen-bond donors (Lipinski definition) is 1. The van der Waals surface area contributed by atoms with Gasteiger partial charge in [-0.25, -0.2) is 9.97 Å². The van der Waals surface area contributed by atoms with Crippen molar-refractivity contribution in [3.8, 4) is 0 Å². The maximum atomic E-state index is 4.52. The molecule has 2 aromatic rings. The second-order valence-corrected chi connectivity index (χ2v) is 6.28. The van der Waals surface area contributed by atoms with Crippen LogP contribution in [-0.2, 0) is 6.54 Å². The van der Waals surface area contributed by atoms with Gasteiger partial charge in [0.25, 0.3) is 0 Å². The average molecular weight is 276 g/mol. The van der Waals surface area contributed by atoms with Crippen LogP contribution < -0.4 is 5.32 Å². The van der Waals surface area contributed by atoms with Crippen LogP contribution in [0.15, 0.2) is 17.8 Å². The molecule has 1 N–H and O–H groups in total. The summed E-state index contributed by atoms with van der Waals surface area (Å²) in [6, 6.07) is 0.590. The van der Waals surface area contributed by atoms with Gasteiger partial charge in [0.05, 0.1) is 17.2 Å². The molecular weight excluding hydrogens is 256 g/mol. The Morgan fingerprint density at radius 3 is 2.95 bits per heavy atom. The van der Waals surface area contributed by atoms with Crippen LogP contribution in [0.4, 0.5) is 5.95 Å². The molecule has 0 aliphatic heterocycles. The highest BCUT2D eigenvalue weighted by molar-refractivity contribution is 7.09. The fourth-order valence-electron chi connectivity index (χ4n) is 2.66. The van der Waals surface area contributed by atoms with Crippen LogP contribution in [0.2, 0.25) is 0 Å². The Morgan fingerprint density at radius 1 is 1.37 bits per heavy atom. The van der Waals surface area contributed by atoms with Crippen molar-refractivity contribution in [1.29, 1.82) is 0 Å². The van der Waals surface area contributed by atoms with Crippen LogP contribution in [0.25, 0.3) is 0 Å². The first-order valence-electron chi connectivity index (χ1n) is 7.00. The van der Waals surface area contributed by atoms with E-state index in [2.05, 4.69) is 25.2 Å². The van der Waals surface area contributed by atoms with Crippen molar-refractivity contribution in [1.82, 2.24) is 14.5 Å². The molecule has 4 nitrogen and oxygen atoms in total. The Balaban J connectivity index is 1.67. The summed E-state index contributed by atoms with van der Waals surface area (Å²) >= 11 is 1.70. The van der Waals surface area contributed by atoms with E-state index < -0.39 is 0 Å². The van der Waals surface area contributed by atoms with E-state index in [0.717, 1.165) is 23.2 Å². The Morgan fingerprint density at radius 2 is 2.21 bits per heavy atom. The normalized spacial score (nSPS) is 16.7. The first-order chi connectivity index (χ1) is 9.31. The topological polar surface area (TPSA) is 42.7 Å². The molecule has 0 radical (unpaired) electrons. The van der Waals surface area contributed by atoms with Crippen molar-refractivity contribution in [3.05, 3.63) is 28.5 Å². The smallest absolute Gasteiger partial charge is 0.203 e. The third-order valence-electron chi connectivity index (χ3n) is 3.65. The SMILES string of the molecule is Cc1nc(Cn2ccnc2NC2CCCCC2)cs1. The molecule has 102 valence electrons. The van der Waals surface area contributed by atoms with E-state index in [-0.39, 0.29) is 0 Å². The van der Waals surface area contributed by atoms with Crippen LogP contribution in [0.3, 0.4) is 0 Å². The highest BCUT2D eigenvalue weighted by Gasteiger charge is 2.15. The zero-order chi connectivity index (χ0) is 13.1. The number of anilines is 1. The zero-order valence-corrected chi connectivity index (χ0v) is 12.1. The molecule has 0 unspecified atom stereocenters. The average Bonchev–Trinajstić information content (AvgIpc) is 3.01. The quantitative estimate of drug-likeness (QED) is 0.930. The number of nitrogens with zero attached hydrogens (tertiary/aromatic N) is 3. The van der Waals surface area contributed by atoms with Crippen molar-refractivity contribution in [2.24, 2.45) is 0 Å². The van der Waals surface area contributed by atoms with Crippen molar-refractivity contribution in [2.45, 2.75) is 51.6 Å². The second kappa shape index (κ2) is 5.74. The second-order valence-electron chi connectivity index (χ2n) is 5.22. The third-order valence-corrected chi connectivity index (χ3v) is 4.48. The van der Waals surface area contributed by atoms with Gasteiger partial charge in [0.2, 0.25) is 5.95 Å². The summed E-state index contributed by atoms with van der Waals surface area (Å²) in [5.41, 5.74) is 1.12. The van der Waals surface area contributed by atoms with Gasteiger partial charge in [0, 0.05) is 23.8 Å². The highest BCUT2D eigenvalue weighted by Crippen LogP contribution is 2.21. The van der Waals surface area contributed by atoms with Crippen LogP contribution in [-0.4, -0.2) is 20.6 Å². The first-order valence-corrected chi connectivity index (χ1v) is 7.88. The summed E-state index contributed by atoms with van der Waals surface area (Å²) in [6.45, 7) is 2.85. The van der Waals surface area contributed by atoms with Gasteiger partial charge >= 0.3 is 0 Å². The molecular formula is C14H20N4S. The first kappa shape index (κ1) is 12.7. The van der Waals surface area contributed by atoms with Gasteiger partial charge in [-0.3, -0.25) is 0 Å². The summed E-state index contributed by atoms with van der Waals surface area (Å²) < 4.78 is 2.16.